The Bertz CT molecular complexity index is 488. The summed E-state index contributed by atoms with van der Waals surface area (Å²) in [4.78, 5) is 0. The molecule has 4 heteroatoms. The molecular formula is C12H13N3S. The highest BCUT2D eigenvalue weighted by atomic mass is 32.1. The molecule has 1 fully saturated rings. The Morgan fingerprint density at radius 2 is 2.00 bits per heavy atom. The van der Waals surface area contributed by atoms with Gasteiger partial charge in [0.05, 0.1) is 5.56 Å². The number of nitrogens with one attached hydrogen (secondary N) is 1. The zero-order valence-corrected chi connectivity index (χ0v) is 9.63. The summed E-state index contributed by atoms with van der Waals surface area (Å²) in [7, 11) is 0. The highest BCUT2D eigenvalue weighted by Gasteiger charge is 2.24. The number of rotatable bonds is 3. The van der Waals surface area contributed by atoms with Gasteiger partial charge in [-0.05, 0) is 29.9 Å². The molecule has 82 valence electrons. The van der Waals surface area contributed by atoms with E-state index in [-0.39, 0.29) is 0 Å². The van der Waals surface area contributed by atoms with E-state index >= 15 is 0 Å². The minimum atomic E-state index is 0.624. The predicted molar refractivity (Wildman–Crippen MR) is 68.6 cm³/mol. The standard InChI is InChI=1S/C12H13N3S/c13-11-10(8-4-2-1-3-5-8)12(16-15-11)14-9-6-7-9/h1-5,9,14H,6-7H2,(H2,13,15). The van der Waals surface area contributed by atoms with Crippen molar-refractivity contribution in [3.8, 4) is 11.1 Å². The van der Waals surface area contributed by atoms with Gasteiger partial charge in [0.15, 0.2) is 0 Å². The van der Waals surface area contributed by atoms with Crippen LogP contribution in [0.4, 0.5) is 10.8 Å². The Hall–Kier alpha value is -1.55. The third-order valence-corrected chi connectivity index (χ3v) is 3.49. The third-order valence-electron chi connectivity index (χ3n) is 2.69. The van der Waals surface area contributed by atoms with Crippen LogP contribution >= 0.6 is 11.5 Å². The van der Waals surface area contributed by atoms with Crippen molar-refractivity contribution in [1.29, 1.82) is 0 Å². The molecule has 1 aliphatic rings. The van der Waals surface area contributed by atoms with E-state index in [1.54, 1.807) is 0 Å². The van der Waals surface area contributed by atoms with Crippen molar-refractivity contribution in [2.45, 2.75) is 18.9 Å². The van der Waals surface area contributed by atoms with Crippen LogP contribution in [0.1, 0.15) is 12.8 Å². The molecule has 0 amide bonds. The minimum absolute atomic E-state index is 0.624. The summed E-state index contributed by atoms with van der Waals surface area (Å²) in [5.41, 5.74) is 8.12. The fraction of sp³-hybridized carbons (Fsp3) is 0.250. The molecule has 1 saturated carbocycles. The molecule has 0 spiro atoms. The first-order valence-corrected chi connectivity index (χ1v) is 6.19. The zero-order valence-electron chi connectivity index (χ0n) is 8.81. The molecule has 2 aromatic rings. The second-order valence-corrected chi connectivity index (χ2v) is 4.83. The highest BCUT2D eigenvalue weighted by molar-refractivity contribution is 7.11. The average Bonchev–Trinajstić information content (AvgIpc) is 3.04. The van der Waals surface area contributed by atoms with Crippen molar-refractivity contribution in [3.63, 3.8) is 0 Å². The largest absolute Gasteiger partial charge is 0.382 e. The van der Waals surface area contributed by atoms with Crippen LogP contribution in [-0.4, -0.2) is 10.4 Å². The smallest absolute Gasteiger partial charge is 0.147 e. The summed E-state index contributed by atoms with van der Waals surface area (Å²) < 4.78 is 4.23. The Morgan fingerprint density at radius 1 is 1.25 bits per heavy atom. The van der Waals surface area contributed by atoms with Crippen molar-refractivity contribution in [3.05, 3.63) is 30.3 Å². The number of nitrogen functional groups attached to an aromatic ring is 1. The summed E-state index contributed by atoms with van der Waals surface area (Å²) >= 11 is 1.45. The first-order valence-electron chi connectivity index (χ1n) is 5.41. The Kier molecular flexibility index (Phi) is 2.29. The van der Waals surface area contributed by atoms with Crippen molar-refractivity contribution in [2.75, 3.05) is 11.1 Å². The number of hydrogen-bond donors (Lipinski definition) is 2. The summed E-state index contributed by atoms with van der Waals surface area (Å²) in [6.45, 7) is 0. The van der Waals surface area contributed by atoms with Gasteiger partial charge in [-0.3, -0.25) is 0 Å². The molecule has 1 aromatic carbocycles. The van der Waals surface area contributed by atoms with Crippen molar-refractivity contribution in [1.82, 2.24) is 4.37 Å². The molecule has 1 aromatic heterocycles. The number of anilines is 2. The van der Waals surface area contributed by atoms with Gasteiger partial charge in [0.1, 0.15) is 10.8 Å². The molecule has 0 aliphatic heterocycles. The van der Waals surface area contributed by atoms with Gasteiger partial charge in [0.25, 0.3) is 0 Å². The number of hydrogen-bond acceptors (Lipinski definition) is 4. The van der Waals surface area contributed by atoms with Crippen LogP contribution in [-0.2, 0) is 0 Å². The van der Waals surface area contributed by atoms with Gasteiger partial charge < -0.3 is 11.1 Å². The molecule has 0 unspecified atom stereocenters. The van der Waals surface area contributed by atoms with Crippen molar-refractivity contribution in [2.24, 2.45) is 0 Å². The molecule has 0 atom stereocenters. The van der Waals surface area contributed by atoms with E-state index < -0.39 is 0 Å². The molecule has 3 N–H and O–H groups in total. The second-order valence-electron chi connectivity index (χ2n) is 4.06. The lowest BCUT2D eigenvalue weighted by molar-refractivity contribution is 1.17. The Balaban J connectivity index is 2.01. The van der Waals surface area contributed by atoms with E-state index in [2.05, 4.69) is 21.8 Å². The number of nitrogens with two attached hydrogens (primary N) is 1. The van der Waals surface area contributed by atoms with E-state index in [1.807, 2.05) is 18.2 Å². The van der Waals surface area contributed by atoms with Gasteiger partial charge in [0, 0.05) is 6.04 Å². The van der Waals surface area contributed by atoms with Gasteiger partial charge in [-0.2, -0.15) is 4.37 Å². The summed E-state index contributed by atoms with van der Waals surface area (Å²) in [6, 6.07) is 10.8. The van der Waals surface area contributed by atoms with E-state index in [1.165, 1.54) is 24.4 Å². The summed E-state index contributed by atoms with van der Waals surface area (Å²) in [6.07, 6.45) is 2.51. The van der Waals surface area contributed by atoms with Gasteiger partial charge in [0.2, 0.25) is 0 Å². The molecule has 3 rings (SSSR count). The van der Waals surface area contributed by atoms with Crippen molar-refractivity contribution < 1.29 is 0 Å². The normalized spacial score (nSPS) is 15.0. The Morgan fingerprint density at radius 3 is 2.69 bits per heavy atom. The van der Waals surface area contributed by atoms with Crippen LogP contribution in [0.3, 0.4) is 0 Å². The lowest BCUT2D eigenvalue weighted by atomic mass is 10.1. The first-order chi connectivity index (χ1) is 7.84. The van der Waals surface area contributed by atoms with E-state index in [0.29, 0.717) is 11.9 Å². The van der Waals surface area contributed by atoms with Crippen LogP contribution < -0.4 is 11.1 Å². The van der Waals surface area contributed by atoms with Gasteiger partial charge in [-0.25, -0.2) is 0 Å². The molecule has 3 nitrogen and oxygen atoms in total. The molecule has 0 bridgehead atoms. The maximum Gasteiger partial charge on any atom is 0.147 e. The van der Waals surface area contributed by atoms with Crippen LogP contribution in [0.2, 0.25) is 0 Å². The second kappa shape index (κ2) is 3.79. The number of benzene rings is 1. The number of nitrogens with zero attached hydrogens (tertiary/aromatic N) is 1. The highest BCUT2D eigenvalue weighted by Crippen LogP contribution is 2.39. The van der Waals surface area contributed by atoms with E-state index in [9.17, 15) is 0 Å². The lowest BCUT2D eigenvalue weighted by Gasteiger charge is -2.05. The topological polar surface area (TPSA) is 50.9 Å². The van der Waals surface area contributed by atoms with E-state index in [4.69, 9.17) is 5.73 Å². The van der Waals surface area contributed by atoms with Crippen LogP contribution in [0.5, 0.6) is 0 Å². The van der Waals surface area contributed by atoms with Crippen LogP contribution in [0.15, 0.2) is 30.3 Å². The average molecular weight is 231 g/mol. The fourth-order valence-electron chi connectivity index (χ4n) is 1.70. The van der Waals surface area contributed by atoms with E-state index in [0.717, 1.165) is 16.1 Å². The third kappa shape index (κ3) is 1.76. The number of aromatic nitrogens is 1. The molecule has 1 heterocycles. The summed E-state index contributed by atoms with van der Waals surface area (Å²) in [5.74, 6) is 0.624. The fourth-order valence-corrected chi connectivity index (χ4v) is 2.51. The van der Waals surface area contributed by atoms with Crippen LogP contribution in [0.25, 0.3) is 11.1 Å². The monoisotopic (exact) mass is 231 g/mol. The van der Waals surface area contributed by atoms with Gasteiger partial charge in [-0.1, -0.05) is 30.3 Å². The van der Waals surface area contributed by atoms with Crippen LogP contribution in [0, 0.1) is 0 Å². The molecule has 0 radical (unpaired) electrons. The SMILES string of the molecule is Nc1nsc(NC2CC2)c1-c1ccccc1. The minimum Gasteiger partial charge on any atom is -0.382 e. The quantitative estimate of drug-likeness (QED) is 0.853. The predicted octanol–water partition coefficient (Wildman–Crippen LogP) is 2.97. The molecule has 16 heavy (non-hydrogen) atoms. The summed E-state index contributed by atoms with van der Waals surface area (Å²) in [5, 5.41) is 4.58. The first kappa shape index (κ1) is 9.66. The molecular weight excluding hydrogens is 218 g/mol. The maximum atomic E-state index is 5.93. The van der Waals surface area contributed by atoms with Gasteiger partial charge >= 0.3 is 0 Å². The Labute approximate surface area is 98.5 Å². The maximum absolute atomic E-state index is 5.93. The molecule has 0 saturated heterocycles. The van der Waals surface area contributed by atoms with Crippen molar-refractivity contribution >= 4 is 22.4 Å². The zero-order chi connectivity index (χ0) is 11.0. The van der Waals surface area contributed by atoms with Gasteiger partial charge in [-0.15, -0.1) is 0 Å². The lowest BCUT2D eigenvalue weighted by Crippen LogP contribution is -2.00. The molecule has 1 aliphatic carbocycles.